The molecule has 2 unspecified atom stereocenters. The third-order valence-corrected chi connectivity index (χ3v) is 18.0. The van der Waals surface area contributed by atoms with Gasteiger partial charge in [0.2, 0.25) is 0 Å². The lowest BCUT2D eigenvalue weighted by molar-refractivity contribution is 0.924. The predicted octanol–water partition coefficient (Wildman–Crippen LogP) is 10.2. The van der Waals surface area contributed by atoms with Crippen molar-refractivity contribution in [3.63, 3.8) is 0 Å². The summed E-state index contributed by atoms with van der Waals surface area (Å²) in [7, 11) is -1.85. The summed E-state index contributed by atoms with van der Waals surface area (Å²) in [4.78, 5) is 3.15. The summed E-state index contributed by atoms with van der Waals surface area (Å²) in [6, 6.07) is 21.0. The lowest BCUT2D eigenvalue weighted by atomic mass is 10.1. The van der Waals surface area contributed by atoms with Gasteiger partial charge >= 0.3 is 0 Å². The molecular formula is C30H32S2Si. The van der Waals surface area contributed by atoms with E-state index in [4.69, 9.17) is 0 Å². The molecule has 2 atom stereocenters. The molecule has 2 aliphatic rings. The highest BCUT2D eigenvalue weighted by Gasteiger charge is 2.53. The van der Waals surface area contributed by atoms with E-state index in [0.717, 1.165) is 0 Å². The molecule has 2 heterocycles. The summed E-state index contributed by atoms with van der Waals surface area (Å²) in [5, 5.41) is 3.04. The van der Waals surface area contributed by atoms with E-state index in [9.17, 15) is 0 Å². The van der Waals surface area contributed by atoms with Gasteiger partial charge in [-0.3, -0.25) is 0 Å². The Bertz CT molecular complexity index is 1380. The van der Waals surface area contributed by atoms with Crippen molar-refractivity contribution in [1.82, 2.24) is 0 Å². The zero-order valence-electron chi connectivity index (χ0n) is 20.5. The summed E-state index contributed by atoms with van der Waals surface area (Å²) < 4.78 is 2.93. The quantitative estimate of drug-likeness (QED) is 0.253. The average molecular weight is 485 g/mol. The van der Waals surface area contributed by atoms with Crippen LogP contribution in [-0.4, -0.2) is 8.07 Å². The molecule has 0 saturated carbocycles. The molecule has 6 rings (SSSR count). The molecule has 0 N–H and O–H groups in total. The lowest BCUT2D eigenvalue weighted by Crippen LogP contribution is -2.47. The van der Waals surface area contributed by atoms with Gasteiger partial charge < -0.3 is 0 Å². The first-order valence-electron chi connectivity index (χ1n) is 12.3. The van der Waals surface area contributed by atoms with Crippen LogP contribution in [0.15, 0.2) is 59.7 Å². The van der Waals surface area contributed by atoms with Crippen molar-refractivity contribution in [3.05, 3.63) is 80.6 Å². The second-order valence-corrected chi connectivity index (χ2v) is 17.2. The van der Waals surface area contributed by atoms with Crippen LogP contribution < -0.4 is 0 Å². The molecule has 2 aromatic carbocycles. The van der Waals surface area contributed by atoms with Gasteiger partial charge in [0.05, 0.1) is 8.07 Å². The standard InChI is InChI=1S/C30H32S2Si/c1-7-33(8-2,29-19(5)17(3)27-25(29)21-13-9-11-15-23(21)31-27)30-20(6)18(4)28-26(30)22-14-10-12-16-24(22)32-28/h9-16,29-30H,7-8H2,1-6H3. The molecule has 0 bridgehead atoms. The van der Waals surface area contributed by atoms with Crippen molar-refractivity contribution >= 4 is 62.1 Å². The number of rotatable bonds is 4. The van der Waals surface area contributed by atoms with Crippen LogP contribution in [0.1, 0.15) is 73.5 Å². The highest BCUT2D eigenvalue weighted by Crippen LogP contribution is 2.62. The zero-order valence-corrected chi connectivity index (χ0v) is 23.1. The van der Waals surface area contributed by atoms with Crippen LogP contribution in [-0.2, 0) is 0 Å². The molecule has 0 spiro atoms. The second kappa shape index (κ2) is 7.53. The Balaban J connectivity index is 1.66. The minimum absolute atomic E-state index is 0.607. The van der Waals surface area contributed by atoms with Gasteiger partial charge in [0.15, 0.2) is 0 Å². The van der Waals surface area contributed by atoms with Crippen molar-refractivity contribution in [2.24, 2.45) is 0 Å². The van der Waals surface area contributed by atoms with Crippen LogP contribution in [0, 0.1) is 0 Å². The van der Waals surface area contributed by atoms with Gasteiger partial charge in [0.1, 0.15) is 0 Å². The smallest absolute Gasteiger partial charge is 0.0778 e. The monoisotopic (exact) mass is 484 g/mol. The van der Waals surface area contributed by atoms with Crippen molar-refractivity contribution in [2.75, 3.05) is 0 Å². The van der Waals surface area contributed by atoms with Crippen LogP contribution in [0.3, 0.4) is 0 Å². The van der Waals surface area contributed by atoms with Gasteiger partial charge in [-0.25, -0.2) is 0 Å². The van der Waals surface area contributed by atoms with Gasteiger partial charge in [-0.2, -0.15) is 0 Å². The molecule has 4 aromatic rings. The van der Waals surface area contributed by atoms with Crippen molar-refractivity contribution in [2.45, 2.75) is 64.7 Å². The van der Waals surface area contributed by atoms with E-state index < -0.39 is 8.07 Å². The SMILES string of the molecule is CC[Si](CC)(C1C(C)=C(C)c2sc3ccccc3c21)C1C(C)=C(C)c2sc3ccccc3c21. The fraction of sp³-hybridized carbons (Fsp3) is 0.333. The van der Waals surface area contributed by atoms with E-state index in [-0.39, 0.29) is 0 Å². The first-order chi connectivity index (χ1) is 15.9. The topological polar surface area (TPSA) is 0 Å². The first-order valence-corrected chi connectivity index (χ1v) is 16.5. The van der Waals surface area contributed by atoms with Gasteiger partial charge in [-0.15, -0.1) is 22.7 Å². The maximum absolute atomic E-state index is 2.51. The van der Waals surface area contributed by atoms with E-state index in [1.54, 1.807) is 43.2 Å². The molecule has 33 heavy (non-hydrogen) atoms. The molecule has 168 valence electrons. The second-order valence-electron chi connectivity index (χ2n) is 10.1. The normalized spacial score (nSPS) is 20.4. The van der Waals surface area contributed by atoms with E-state index in [1.165, 1.54) is 32.3 Å². The fourth-order valence-electron chi connectivity index (χ4n) is 7.16. The van der Waals surface area contributed by atoms with Gasteiger partial charge in [-0.1, -0.05) is 73.5 Å². The molecule has 0 aliphatic heterocycles. The fourth-order valence-corrected chi connectivity index (χ4v) is 16.4. The number of fused-ring (bicyclic) bond motifs is 6. The molecule has 0 amide bonds. The first kappa shape index (κ1) is 21.6. The van der Waals surface area contributed by atoms with E-state index in [1.807, 2.05) is 22.7 Å². The molecule has 0 saturated heterocycles. The van der Waals surface area contributed by atoms with E-state index in [2.05, 4.69) is 90.1 Å². The Kier molecular flexibility index (Phi) is 4.92. The summed E-state index contributed by atoms with van der Waals surface area (Å²) in [6.07, 6.45) is 0. The predicted molar refractivity (Wildman–Crippen MR) is 152 cm³/mol. The Labute approximate surface area is 206 Å². The van der Waals surface area contributed by atoms with Crippen molar-refractivity contribution in [1.29, 1.82) is 0 Å². The molecule has 0 nitrogen and oxygen atoms in total. The third kappa shape index (κ3) is 2.67. The highest BCUT2D eigenvalue weighted by atomic mass is 32.1. The van der Waals surface area contributed by atoms with Gasteiger partial charge in [0.25, 0.3) is 0 Å². The Morgan fingerprint density at radius 2 is 1.03 bits per heavy atom. The Hall–Kier alpha value is -1.94. The molecule has 2 aliphatic carbocycles. The number of thiophene rings is 2. The van der Waals surface area contributed by atoms with Crippen LogP contribution in [0.4, 0.5) is 0 Å². The van der Waals surface area contributed by atoms with Gasteiger partial charge in [0, 0.05) is 30.2 Å². The minimum Gasteiger partial charge on any atom is -0.135 e. The summed E-state index contributed by atoms with van der Waals surface area (Å²) in [5.41, 5.74) is 11.0. The molecule has 0 fully saturated rings. The minimum atomic E-state index is -1.85. The maximum Gasteiger partial charge on any atom is 0.0778 e. The average Bonchev–Trinajstić information content (AvgIpc) is 3.53. The number of hydrogen-bond donors (Lipinski definition) is 0. The van der Waals surface area contributed by atoms with Crippen molar-refractivity contribution < 1.29 is 0 Å². The maximum atomic E-state index is 2.51. The number of allylic oxidation sites excluding steroid dienone is 4. The van der Waals surface area contributed by atoms with E-state index in [0.29, 0.717) is 11.1 Å². The molecule has 3 heteroatoms. The van der Waals surface area contributed by atoms with E-state index >= 15 is 0 Å². The highest BCUT2D eigenvalue weighted by molar-refractivity contribution is 7.21. The van der Waals surface area contributed by atoms with Gasteiger partial charge in [-0.05, 0) is 72.9 Å². The van der Waals surface area contributed by atoms with Crippen LogP contribution in [0.5, 0.6) is 0 Å². The largest absolute Gasteiger partial charge is 0.135 e. The number of hydrogen-bond acceptors (Lipinski definition) is 2. The Morgan fingerprint density at radius 1 is 0.636 bits per heavy atom. The summed E-state index contributed by atoms with van der Waals surface area (Å²) >= 11 is 4.05. The summed E-state index contributed by atoms with van der Waals surface area (Å²) in [5.74, 6) is 0. The molecule has 2 aromatic heterocycles. The molecular weight excluding hydrogens is 453 g/mol. The van der Waals surface area contributed by atoms with Crippen molar-refractivity contribution in [3.8, 4) is 0 Å². The van der Waals surface area contributed by atoms with Crippen LogP contribution >= 0.6 is 22.7 Å². The Morgan fingerprint density at radius 3 is 1.42 bits per heavy atom. The zero-order chi connectivity index (χ0) is 23.1. The third-order valence-electron chi connectivity index (χ3n) is 9.04. The van der Waals surface area contributed by atoms with Crippen LogP contribution in [0.2, 0.25) is 12.1 Å². The lowest BCUT2D eigenvalue weighted by Gasteiger charge is -2.44. The summed E-state index contributed by atoms with van der Waals surface area (Å²) in [6.45, 7) is 14.7. The van der Waals surface area contributed by atoms with Crippen LogP contribution in [0.25, 0.3) is 31.3 Å². The molecule has 0 radical (unpaired) electrons. The number of benzene rings is 2.